The molecular formula is C20H29N3O3. The summed E-state index contributed by atoms with van der Waals surface area (Å²) >= 11 is 0. The SMILES string of the molecule is CCc1cccc(C)c1NC(=O)NC1CC(N(CC(=O)O)CC2CC2)C1. The van der Waals surface area contributed by atoms with Gasteiger partial charge in [-0.2, -0.15) is 0 Å². The predicted octanol–water partition coefficient (Wildman–Crippen LogP) is 3.01. The van der Waals surface area contributed by atoms with Crippen LogP contribution in [0.3, 0.4) is 0 Å². The standard InChI is InChI=1S/C20H29N3O3/c1-3-15-6-4-5-13(2)19(15)22-20(26)21-16-9-17(10-16)23(12-18(24)25)11-14-7-8-14/h4-6,14,16-17H,3,7-12H2,1-2H3,(H,24,25)(H2,21,22,26). The van der Waals surface area contributed by atoms with Gasteiger partial charge >= 0.3 is 12.0 Å². The van der Waals surface area contributed by atoms with Gasteiger partial charge in [-0.1, -0.05) is 25.1 Å². The summed E-state index contributed by atoms with van der Waals surface area (Å²) < 4.78 is 0. The molecule has 0 aliphatic heterocycles. The van der Waals surface area contributed by atoms with Crippen LogP contribution in [0.15, 0.2) is 18.2 Å². The maximum absolute atomic E-state index is 12.3. The lowest BCUT2D eigenvalue weighted by Gasteiger charge is -2.42. The first-order valence-electron chi connectivity index (χ1n) is 9.58. The lowest BCUT2D eigenvalue weighted by Crippen LogP contribution is -2.55. The number of nitrogens with zero attached hydrogens (tertiary/aromatic N) is 1. The quantitative estimate of drug-likeness (QED) is 0.666. The van der Waals surface area contributed by atoms with Crippen molar-refractivity contribution in [2.24, 2.45) is 5.92 Å². The minimum atomic E-state index is -0.772. The molecule has 2 fully saturated rings. The topological polar surface area (TPSA) is 81.7 Å². The predicted molar refractivity (Wildman–Crippen MR) is 101 cm³/mol. The average molecular weight is 359 g/mol. The second-order valence-corrected chi connectivity index (χ2v) is 7.65. The van der Waals surface area contributed by atoms with Crippen LogP contribution in [0, 0.1) is 12.8 Å². The number of carboxylic acid groups (broad SMARTS) is 1. The van der Waals surface area contributed by atoms with Crippen molar-refractivity contribution in [1.82, 2.24) is 10.2 Å². The number of aliphatic carboxylic acids is 1. The molecule has 6 heteroatoms. The summed E-state index contributed by atoms with van der Waals surface area (Å²) in [5, 5.41) is 15.1. The number of hydrogen-bond acceptors (Lipinski definition) is 3. The van der Waals surface area contributed by atoms with Gasteiger partial charge in [0.05, 0.1) is 6.54 Å². The Labute approximate surface area is 155 Å². The van der Waals surface area contributed by atoms with E-state index >= 15 is 0 Å². The van der Waals surface area contributed by atoms with Crippen molar-refractivity contribution in [1.29, 1.82) is 0 Å². The summed E-state index contributed by atoms with van der Waals surface area (Å²) in [7, 11) is 0. The molecule has 0 bridgehead atoms. The zero-order valence-electron chi connectivity index (χ0n) is 15.6. The highest BCUT2D eigenvalue weighted by molar-refractivity contribution is 5.91. The molecule has 142 valence electrons. The number of carboxylic acids is 1. The molecule has 2 saturated carbocycles. The molecular weight excluding hydrogens is 330 g/mol. The van der Waals surface area contributed by atoms with Gasteiger partial charge in [0.1, 0.15) is 0 Å². The van der Waals surface area contributed by atoms with E-state index in [4.69, 9.17) is 5.11 Å². The van der Waals surface area contributed by atoms with Gasteiger partial charge in [-0.15, -0.1) is 0 Å². The van der Waals surface area contributed by atoms with Gasteiger partial charge in [0.2, 0.25) is 0 Å². The third-order valence-corrected chi connectivity index (χ3v) is 5.47. The van der Waals surface area contributed by atoms with Crippen molar-refractivity contribution in [3.8, 4) is 0 Å². The maximum atomic E-state index is 12.3. The molecule has 6 nitrogen and oxygen atoms in total. The van der Waals surface area contributed by atoms with Crippen LogP contribution in [-0.2, 0) is 11.2 Å². The monoisotopic (exact) mass is 359 g/mol. The van der Waals surface area contributed by atoms with Crippen LogP contribution in [-0.4, -0.2) is 47.2 Å². The Morgan fingerprint density at radius 3 is 2.62 bits per heavy atom. The van der Waals surface area contributed by atoms with E-state index in [-0.39, 0.29) is 24.7 Å². The van der Waals surface area contributed by atoms with Crippen LogP contribution >= 0.6 is 0 Å². The van der Waals surface area contributed by atoms with Crippen LogP contribution in [0.1, 0.15) is 43.7 Å². The molecule has 26 heavy (non-hydrogen) atoms. The zero-order chi connectivity index (χ0) is 18.7. The van der Waals surface area contributed by atoms with E-state index in [1.165, 1.54) is 12.8 Å². The molecule has 0 saturated heterocycles. The summed E-state index contributed by atoms with van der Waals surface area (Å²) in [6, 6.07) is 6.24. The van der Waals surface area contributed by atoms with Gasteiger partial charge in [0.15, 0.2) is 0 Å². The number of amides is 2. The van der Waals surface area contributed by atoms with Crippen molar-refractivity contribution in [3.63, 3.8) is 0 Å². The number of nitrogens with one attached hydrogen (secondary N) is 2. The Balaban J connectivity index is 1.49. The molecule has 0 unspecified atom stereocenters. The van der Waals surface area contributed by atoms with Crippen LogP contribution in [0.4, 0.5) is 10.5 Å². The van der Waals surface area contributed by atoms with Crippen LogP contribution in [0.25, 0.3) is 0 Å². The van der Waals surface area contributed by atoms with E-state index in [0.29, 0.717) is 5.92 Å². The molecule has 0 aromatic heterocycles. The first-order chi connectivity index (χ1) is 12.5. The number of carbonyl (C=O) groups excluding carboxylic acids is 1. The van der Waals surface area contributed by atoms with E-state index in [1.54, 1.807) is 0 Å². The van der Waals surface area contributed by atoms with Crippen molar-refractivity contribution in [2.75, 3.05) is 18.4 Å². The Kier molecular flexibility index (Phi) is 5.81. The number of urea groups is 1. The molecule has 0 spiro atoms. The Morgan fingerprint density at radius 2 is 2.00 bits per heavy atom. The smallest absolute Gasteiger partial charge is 0.319 e. The fourth-order valence-electron chi connectivity index (χ4n) is 3.69. The van der Waals surface area contributed by atoms with Gasteiger partial charge in [0.25, 0.3) is 0 Å². The van der Waals surface area contributed by atoms with Gasteiger partial charge < -0.3 is 15.7 Å². The molecule has 2 aliphatic carbocycles. The van der Waals surface area contributed by atoms with Crippen molar-refractivity contribution in [3.05, 3.63) is 29.3 Å². The Hall–Kier alpha value is -2.08. The van der Waals surface area contributed by atoms with E-state index < -0.39 is 5.97 Å². The lowest BCUT2D eigenvalue weighted by molar-refractivity contribution is -0.139. The number of para-hydroxylation sites is 1. The van der Waals surface area contributed by atoms with Crippen LogP contribution < -0.4 is 10.6 Å². The summed E-state index contributed by atoms with van der Waals surface area (Å²) in [6.45, 7) is 5.04. The first-order valence-corrected chi connectivity index (χ1v) is 9.58. The van der Waals surface area contributed by atoms with E-state index in [9.17, 15) is 9.59 Å². The Bertz CT molecular complexity index is 666. The molecule has 2 amide bonds. The second kappa shape index (κ2) is 8.08. The molecule has 3 N–H and O–H groups in total. The molecule has 0 heterocycles. The minimum absolute atomic E-state index is 0.100. The molecule has 1 aromatic rings. The highest BCUT2D eigenvalue weighted by Crippen LogP contribution is 2.33. The fraction of sp³-hybridized carbons (Fsp3) is 0.600. The number of rotatable bonds is 8. The average Bonchev–Trinajstić information content (AvgIpc) is 3.35. The highest BCUT2D eigenvalue weighted by Gasteiger charge is 2.37. The Morgan fingerprint density at radius 1 is 1.27 bits per heavy atom. The van der Waals surface area contributed by atoms with Crippen molar-refractivity contribution in [2.45, 2.75) is 58.0 Å². The third kappa shape index (κ3) is 4.75. The highest BCUT2D eigenvalue weighted by atomic mass is 16.4. The van der Waals surface area contributed by atoms with Crippen LogP contribution in [0.2, 0.25) is 0 Å². The largest absolute Gasteiger partial charge is 0.480 e. The van der Waals surface area contributed by atoms with Crippen molar-refractivity contribution < 1.29 is 14.7 Å². The summed E-state index contributed by atoms with van der Waals surface area (Å²) in [5.41, 5.74) is 3.08. The van der Waals surface area contributed by atoms with E-state index in [1.807, 2.05) is 25.1 Å². The van der Waals surface area contributed by atoms with Crippen molar-refractivity contribution >= 4 is 17.7 Å². The van der Waals surface area contributed by atoms with Gasteiger partial charge in [-0.25, -0.2) is 4.79 Å². The van der Waals surface area contributed by atoms with Gasteiger partial charge in [-0.05, 0) is 56.1 Å². The number of hydrogen-bond donors (Lipinski definition) is 3. The maximum Gasteiger partial charge on any atom is 0.319 e. The first kappa shape index (κ1) is 18.7. The van der Waals surface area contributed by atoms with Crippen LogP contribution in [0.5, 0.6) is 0 Å². The molecule has 0 radical (unpaired) electrons. The normalized spacial score (nSPS) is 22.0. The second-order valence-electron chi connectivity index (χ2n) is 7.65. The van der Waals surface area contributed by atoms with E-state index in [2.05, 4.69) is 22.5 Å². The fourth-order valence-corrected chi connectivity index (χ4v) is 3.69. The molecule has 2 aliphatic rings. The van der Waals surface area contributed by atoms with Gasteiger partial charge in [-0.3, -0.25) is 9.69 Å². The summed E-state index contributed by atoms with van der Waals surface area (Å²) in [4.78, 5) is 25.5. The number of anilines is 1. The molecule has 3 rings (SSSR count). The summed E-state index contributed by atoms with van der Waals surface area (Å²) in [5.74, 6) is -0.107. The lowest BCUT2D eigenvalue weighted by atomic mass is 9.85. The van der Waals surface area contributed by atoms with E-state index in [0.717, 1.165) is 42.6 Å². The third-order valence-electron chi connectivity index (χ3n) is 5.47. The number of carbonyl (C=O) groups is 2. The zero-order valence-corrected chi connectivity index (χ0v) is 15.6. The number of aryl methyl sites for hydroxylation is 2. The van der Waals surface area contributed by atoms with Gasteiger partial charge in [0, 0.05) is 24.3 Å². The number of benzene rings is 1. The molecule has 1 aromatic carbocycles. The minimum Gasteiger partial charge on any atom is -0.480 e. The molecule has 0 atom stereocenters. The summed E-state index contributed by atoms with van der Waals surface area (Å²) in [6.07, 6.45) is 4.93.